The summed E-state index contributed by atoms with van der Waals surface area (Å²) in [5.74, 6) is 0.418. The lowest BCUT2D eigenvalue weighted by Gasteiger charge is -2.05. The second-order valence-electron chi connectivity index (χ2n) is 3.55. The largest absolute Gasteiger partial charge is 0.316 e. The minimum absolute atomic E-state index is 0.0591. The third-order valence-corrected chi connectivity index (χ3v) is 3.21. The number of aromatic nitrogens is 2. The first-order valence-corrected chi connectivity index (χ1v) is 6.89. The number of nitrogens with zero attached hydrogens (tertiary/aromatic N) is 2. The molecule has 0 aliphatic carbocycles. The fraction of sp³-hybridized carbons (Fsp3) is 0.667. The smallest absolute Gasteiger partial charge is 0.235 e. The molecule has 0 atom stereocenters. The summed E-state index contributed by atoms with van der Waals surface area (Å²) in [6.07, 6.45) is 2.68. The maximum Gasteiger partial charge on any atom is 0.235 e. The van der Waals surface area contributed by atoms with Crippen molar-refractivity contribution in [3.8, 4) is 0 Å². The highest BCUT2D eigenvalue weighted by Crippen LogP contribution is 2.03. The van der Waals surface area contributed by atoms with Gasteiger partial charge in [-0.15, -0.1) is 0 Å². The van der Waals surface area contributed by atoms with Crippen LogP contribution in [0.5, 0.6) is 0 Å². The molecule has 0 bridgehead atoms. The average molecular weight is 246 g/mol. The zero-order chi connectivity index (χ0) is 12.0. The van der Waals surface area contributed by atoms with Gasteiger partial charge in [0.25, 0.3) is 0 Å². The van der Waals surface area contributed by atoms with Crippen LogP contribution in [0.15, 0.2) is 12.3 Å². The van der Waals surface area contributed by atoms with Crippen LogP contribution in [-0.4, -0.2) is 37.0 Å². The Bertz CT molecular complexity index is 413. The third kappa shape index (κ3) is 4.63. The Morgan fingerprint density at radius 2 is 2.19 bits per heavy atom. The minimum Gasteiger partial charge on any atom is -0.316 e. The van der Waals surface area contributed by atoms with Crippen LogP contribution in [0.2, 0.25) is 0 Å². The van der Waals surface area contributed by atoms with Crippen LogP contribution in [0.25, 0.3) is 0 Å². The van der Waals surface area contributed by atoms with Crippen LogP contribution in [0.3, 0.4) is 0 Å². The Kier molecular flexibility index (Phi) is 4.75. The molecule has 1 heterocycles. The first-order valence-electron chi connectivity index (χ1n) is 5.24. The van der Waals surface area contributed by atoms with Crippen molar-refractivity contribution >= 4 is 15.8 Å². The summed E-state index contributed by atoms with van der Waals surface area (Å²) in [5.41, 5.74) is 0. The lowest BCUT2D eigenvalue weighted by Crippen LogP contribution is -2.27. The molecule has 7 heteroatoms. The van der Waals surface area contributed by atoms with Crippen LogP contribution in [0.4, 0.5) is 5.82 Å². The number of aryl methyl sites for hydroxylation is 1. The molecule has 0 unspecified atom stereocenters. The van der Waals surface area contributed by atoms with Gasteiger partial charge in [0, 0.05) is 25.9 Å². The summed E-state index contributed by atoms with van der Waals surface area (Å²) >= 11 is 0. The Balaban J connectivity index is 2.40. The van der Waals surface area contributed by atoms with Crippen LogP contribution in [0, 0.1) is 0 Å². The van der Waals surface area contributed by atoms with Gasteiger partial charge in [0.2, 0.25) is 10.0 Å². The fourth-order valence-corrected chi connectivity index (χ4v) is 2.13. The number of rotatable bonds is 7. The van der Waals surface area contributed by atoms with Crippen molar-refractivity contribution in [1.29, 1.82) is 0 Å². The van der Waals surface area contributed by atoms with Gasteiger partial charge in [0.1, 0.15) is 0 Å². The highest BCUT2D eigenvalue weighted by molar-refractivity contribution is 7.92. The Morgan fingerprint density at radius 1 is 1.44 bits per heavy atom. The van der Waals surface area contributed by atoms with Crippen LogP contribution in [-0.2, 0) is 17.1 Å². The Morgan fingerprint density at radius 3 is 2.75 bits per heavy atom. The summed E-state index contributed by atoms with van der Waals surface area (Å²) < 4.78 is 27.1. The highest BCUT2D eigenvalue weighted by atomic mass is 32.2. The van der Waals surface area contributed by atoms with Crippen LogP contribution >= 0.6 is 0 Å². The van der Waals surface area contributed by atoms with E-state index in [1.165, 1.54) is 0 Å². The molecule has 92 valence electrons. The molecule has 2 N–H and O–H groups in total. The van der Waals surface area contributed by atoms with Crippen LogP contribution in [0.1, 0.15) is 13.3 Å². The summed E-state index contributed by atoms with van der Waals surface area (Å²) in [7, 11) is -1.55. The van der Waals surface area contributed by atoms with Gasteiger partial charge >= 0.3 is 0 Å². The third-order valence-electron chi connectivity index (χ3n) is 1.95. The molecule has 0 amide bonds. The van der Waals surface area contributed by atoms with Gasteiger partial charge in [-0.1, -0.05) is 6.92 Å². The molecule has 16 heavy (non-hydrogen) atoms. The maximum absolute atomic E-state index is 11.6. The maximum atomic E-state index is 11.6. The van der Waals surface area contributed by atoms with Crippen molar-refractivity contribution < 1.29 is 8.42 Å². The fourth-order valence-electron chi connectivity index (χ4n) is 1.19. The quantitative estimate of drug-likeness (QED) is 0.672. The molecule has 1 aromatic rings. The Hall–Kier alpha value is -1.08. The lowest BCUT2D eigenvalue weighted by molar-refractivity contribution is 0.595. The molecule has 0 aliphatic heterocycles. The van der Waals surface area contributed by atoms with Crippen molar-refractivity contribution in [2.24, 2.45) is 7.05 Å². The van der Waals surface area contributed by atoms with Gasteiger partial charge in [-0.25, -0.2) is 8.42 Å². The normalized spacial score (nSPS) is 11.6. The first kappa shape index (κ1) is 13.0. The predicted octanol–water partition coefficient (Wildman–Crippen LogP) is 0.161. The van der Waals surface area contributed by atoms with Crippen molar-refractivity contribution in [2.45, 2.75) is 13.3 Å². The second-order valence-corrected chi connectivity index (χ2v) is 5.39. The second kappa shape index (κ2) is 5.86. The number of nitrogens with one attached hydrogen (secondary N) is 2. The van der Waals surface area contributed by atoms with E-state index < -0.39 is 10.0 Å². The molecule has 0 aliphatic rings. The highest BCUT2D eigenvalue weighted by Gasteiger charge is 2.10. The topological polar surface area (TPSA) is 76.0 Å². The molecule has 1 rings (SSSR count). The molecule has 0 radical (unpaired) electrons. The molecule has 6 nitrogen and oxygen atoms in total. The molecule has 0 spiro atoms. The van der Waals surface area contributed by atoms with E-state index in [9.17, 15) is 8.42 Å². The molecule has 1 aromatic heterocycles. The average Bonchev–Trinajstić information content (AvgIpc) is 2.58. The SMILES string of the molecule is CCCNCCS(=O)(=O)Nc1ccn(C)n1. The summed E-state index contributed by atoms with van der Waals surface area (Å²) in [6.45, 7) is 3.32. The van der Waals surface area contributed by atoms with Gasteiger partial charge in [0.05, 0.1) is 5.75 Å². The monoisotopic (exact) mass is 246 g/mol. The van der Waals surface area contributed by atoms with Crippen LogP contribution < -0.4 is 10.0 Å². The molecular weight excluding hydrogens is 228 g/mol. The van der Waals surface area contributed by atoms with E-state index in [0.29, 0.717) is 12.4 Å². The number of anilines is 1. The van der Waals surface area contributed by atoms with E-state index in [4.69, 9.17) is 0 Å². The molecule has 0 saturated carbocycles. The zero-order valence-corrected chi connectivity index (χ0v) is 10.4. The van der Waals surface area contributed by atoms with Crippen molar-refractivity contribution in [1.82, 2.24) is 15.1 Å². The van der Waals surface area contributed by atoms with Crippen molar-refractivity contribution in [2.75, 3.05) is 23.6 Å². The van der Waals surface area contributed by atoms with E-state index in [0.717, 1.165) is 13.0 Å². The zero-order valence-electron chi connectivity index (χ0n) is 9.60. The van der Waals surface area contributed by atoms with Crippen molar-refractivity contribution in [3.63, 3.8) is 0 Å². The number of hydrogen-bond donors (Lipinski definition) is 2. The molecular formula is C9H18N4O2S. The van der Waals surface area contributed by atoms with E-state index in [1.54, 1.807) is 24.0 Å². The van der Waals surface area contributed by atoms with E-state index >= 15 is 0 Å². The lowest BCUT2D eigenvalue weighted by atomic mass is 10.5. The summed E-state index contributed by atoms with van der Waals surface area (Å²) in [5, 5.41) is 6.98. The first-order chi connectivity index (χ1) is 7.53. The van der Waals surface area contributed by atoms with Gasteiger partial charge in [-0.2, -0.15) is 5.10 Å². The van der Waals surface area contributed by atoms with Gasteiger partial charge < -0.3 is 5.32 Å². The van der Waals surface area contributed by atoms with Gasteiger partial charge in [0.15, 0.2) is 5.82 Å². The van der Waals surface area contributed by atoms with E-state index in [1.807, 2.05) is 6.92 Å². The number of hydrogen-bond acceptors (Lipinski definition) is 4. The summed E-state index contributed by atoms with van der Waals surface area (Å²) in [4.78, 5) is 0. The van der Waals surface area contributed by atoms with E-state index in [-0.39, 0.29) is 5.75 Å². The molecule has 0 fully saturated rings. The standard InChI is InChI=1S/C9H18N4O2S/c1-3-5-10-6-8-16(14,15)12-9-4-7-13(2)11-9/h4,7,10H,3,5-6,8H2,1-2H3,(H,11,12). The molecule has 0 saturated heterocycles. The minimum atomic E-state index is -3.29. The predicted molar refractivity (Wildman–Crippen MR) is 63.8 cm³/mol. The molecule has 0 aromatic carbocycles. The van der Waals surface area contributed by atoms with Gasteiger partial charge in [-0.05, 0) is 13.0 Å². The van der Waals surface area contributed by atoms with Gasteiger partial charge in [-0.3, -0.25) is 9.40 Å². The van der Waals surface area contributed by atoms with E-state index in [2.05, 4.69) is 15.1 Å². The van der Waals surface area contributed by atoms with Crippen molar-refractivity contribution in [3.05, 3.63) is 12.3 Å². The Labute approximate surface area is 96.1 Å². The summed E-state index contributed by atoms with van der Waals surface area (Å²) in [6, 6.07) is 1.62. The number of sulfonamides is 1.